The summed E-state index contributed by atoms with van der Waals surface area (Å²) < 4.78 is 5.54. The molecule has 3 aromatic rings. The van der Waals surface area contributed by atoms with Crippen molar-refractivity contribution in [2.45, 2.75) is 31.7 Å². The van der Waals surface area contributed by atoms with Crippen molar-refractivity contribution < 1.29 is 24.2 Å². The lowest BCUT2D eigenvalue weighted by atomic mass is 9.98. The number of amides is 2. The van der Waals surface area contributed by atoms with Crippen LogP contribution in [0.4, 0.5) is 10.5 Å². The predicted octanol–water partition coefficient (Wildman–Crippen LogP) is 4.57. The van der Waals surface area contributed by atoms with Crippen molar-refractivity contribution >= 4 is 23.7 Å². The van der Waals surface area contributed by atoms with Gasteiger partial charge in [0.1, 0.15) is 12.6 Å². The Kier molecular flexibility index (Phi) is 6.92. The van der Waals surface area contributed by atoms with Gasteiger partial charge in [0.25, 0.3) is 0 Å². The highest BCUT2D eigenvalue weighted by Gasteiger charge is 2.29. The minimum atomic E-state index is -0.921. The van der Waals surface area contributed by atoms with Crippen molar-refractivity contribution in [2.75, 3.05) is 11.9 Å². The summed E-state index contributed by atoms with van der Waals surface area (Å²) in [5.74, 6) is -1.35. The minimum absolute atomic E-state index is 0.0589. The maximum absolute atomic E-state index is 12.7. The van der Waals surface area contributed by atoms with Gasteiger partial charge in [-0.05, 0) is 46.4 Å². The van der Waals surface area contributed by atoms with Crippen molar-refractivity contribution in [3.63, 3.8) is 0 Å². The Labute approximate surface area is 197 Å². The molecular formula is C27H26N2O5. The molecule has 0 unspecified atom stereocenters. The van der Waals surface area contributed by atoms with Gasteiger partial charge in [-0.3, -0.25) is 9.59 Å². The average Bonchev–Trinajstić information content (AvgIpc) is 3.16. The molecule has 0 aromatic heterocycles. The standard InChI is InChI=1S/C27H26N2O5/c1-2-24(26(32)28-18-13-11-17(12-14-18)15-25(30)31)29-27(33)34-16-23-21-9-5-3-7-19(21)20-8-4-6-10-22(20)23/h3-14,23-24H,2,15-16H2,1H3,(H,28,32)(H,29,33)(H,30,31)/t24-/m0/s1. The fraction of sp³-hybridized carbons (Fsp3) is 0.222. The summed E-state index contributed by atoms with van der Waals surface area (Å²) in [5.41, 5.74) is 5.68. The van der Waals surface area contributed by atoms with Gasteiger partial charge in [0.05, 0.1) is 6.42 Å². The first-order valence-electron chi connectivity index (χ1n) is 11.2. The molecule has 0 saturated heterocycles. The van der Waals surface area contributed by atoms with Crippen LogP contribution in [0.25, 0.3) is 11.1 Å². The number of carbonyl (C=O) groups is 3. The molecule has 3 N–H and O–H groups in total. The molecule has 0 spiro atoms. The van der Waals surface area contributed by atoms with Gasteiger partial charge in [-0.15, -0.1) is 0 Å². The van der Waals surface area contributed by atoms with Crippen LogP contribution in [0.15, 0.2) is 72.8 Å². The van der Waals surface area contributed by atoms with Crippen LogP contribution in [-0.4, -0.2) is 35.7 Å². The molecule has 34 heavy (non-hydrogen) atoms. The maximum atomic E-state index is 12.7. The summed E-state index contributed by atoms with van der Waals surface area (Å²) in [6, 6.07) is 22.0. The van der Waals surface area contributed by atoms with Gasteiger partial charge < -0.3 is 20.5 Å². The number of benzene rings is 3. The van der Waals surface area contributed by atoms with E-state index in [0.29, 0.717) is 17.7 Å². The van der Waals surface area contributed by atoms with Gasteiger partial charge >= 0.3 is 12.1 Å². The van der Waals surface area contributed by atoms with Crippen LogP contribution in [0.5, 0.6) is 0 Å². The maximum Gasteiger partial charge on any atom is 0.407 e. The number of carboxylic acid groups (broad SMARTS) is 1. The molecule has 0 saturated carbocycles. The van der Waals surface area contributed by atoms with Gasteiger partial charge in [-0.2, -0.15) is 0 Å². The number of hydrogen-bond donors (Lipinski definition) is 3. The largest absolute Gasteiger partial charge is 0.481 e. The van der Waals surface area contributed by atoms with E-state index >= 15 is 0 Å². The molecule has 0 radical (unpaired) electrons. The Hall–Kier alpha value is -4.13. The van der Waals surface area contributed by atoms with E-state index in [9.17, 15) is 14.4 Å². The predicted molar refractivity (Wildman–Crippen MR) is 129 cm³/mol. The highest BCUT2D eigenvalue weighted by atomic mass is 16.5. The van der Waals surface area contributed by atoms with Crippen LogP contribution in [0.1, 0.15) is 36.0 Å². The molecule has 2 amide bonds. The fourth-order valence-corrected chi connectivity index (χ4v) is 4.25. The summed E-state index contributed by atoms with van der Waals surface area (Å²) in [4.78, 5) is 36.0. The van der Waals surface area contributed by atoms with Crippen molar-refractivity contribution in [1.29, 1.82) is 0 Å². The van der Waals surface area contributed by atoms with E-state index in [0.717, 1.165) is 22.3 Å². The fourth-order valence-electron chi connectivity index (χ4n) is 4.25. The third-order valence-corrected chi connectivity index (χ3v) is 5.94. The van der Waals surface area contributed by atoms with Crippen molar-refractivity contribution in [3.05, 3.63) is 89.5 Å². The molecule has 0 heterocycles. The third kappa shape index (κ3) is 5.09. The quantitative estimate of drug-likeness (QED) is 0.459. The summed E-state index contributed by atoms with van der Waals surface area (Å²) >= 11 is 0. The van der Waals surface area contributed by atoms with E-state index in [1.54, 1.807) is 31.2 Å². The molecule has 3 aromatic carbocycles. The monoisotopic (exact) mass is 458 g/mol. The Balaban J connectivity index is 1.35. The number of aliphatic carboxylic acids is 1. The van der Waals surface area contributed by atoms with E-state index in [2.05, 4.69) is 22.8 Å². The van der Waals surface area contributed by atoms with Crippen LogP contribution < -0.4 is 10.6 Å². The number of anilines is 1. The first-order valence-corrected chi connectivity index (χ1v) is 11.2. The summed E-state index contributed by atoms with van der Waals surface area (Å²) in [7, 11) is 0. The zero-order valence-electron chi connectivity index (χ0n) is 18.8. The van der Waals surface area contributed by atoms with E-state index in [4.69, 9.17) is 9.84 Å². The Morgan fingerprint density at radius 2 is 1.50 bits per heavy atom. The molecule has 0 fully saturated rings. The lowest BCUT2D eigenvalue weighted by molar-refractivity contribution is -0.136. The van der Waals surface area contributed by atoms with Crippen LogP contribution in [0.2, 0.25) is 0 Å². The molecule has 0 aliphatic heterocycles. The van der Waals surface area contributed by atoms with Gasteiger partial charge in [0, 0.05) is 11.6 Å². The number of alkyl carbamates (subject to hydrolysis) is 1. The summed E-state index contributed by atoms with van der Waals surface area (Å²) in [5, 5.41) is 14.2. The second-order valence-electron chi connectivity index (χ2n) is 8.19. The number of rotatable bonds is 8. The van der Waals surface area contributed by atoms with E-state index in [-0.39, 0.29) is 24.9 Å². The van der Waals surface area contributed by atoms with Crippen LogP contribution in [0.3, 0.4) is 0 Å². The first kappa shape index (κ1) is 23.0. The normalized spacial score (nSPS) is 12.9. The first-order chi connectivity index (χ1) is 16.5. The lowest BCUT2D eigenvalue weighted by Gasteiger charge is -2.19. The van der Waals surface area contributed by atoms with Crippen LogP contribution in [-0.2, 0) is 20.7 Å². The second-order valence-corrected chi connectivity index (χ2v) is 8.19. The van der Waals surface area contributed by atoms with E-state index in [1.807, 2.05) is 36.4 Å². The zero-order valence-corrected chi connectivity index (χ0v) is 18.8. The molecule has 1 atom stereocenters. The van der Waals surface area contributed by atoms with E-state index < -0.39 is 18.1 Å². The summed E-state index contributed by atoms with van der Waals surface area (Å²) in [6.07, 6.45) is -0.358. The molecule has 174 valence electrons. The van der Waals surface area contributed by atoms with Gasteiger partial charge in [-0.1, -0.05) is 67.6 Å². The van der Waals surface area contributed by atoms with Crippen molar-refractivity contribution in [1.82, 2.24) is 5.32 Å². The average molecular weight is 459 g/mol. The number of carboxylic acids is 1. The molecule has 4 rings (SSSR count). The Morgan fingerprint density at radius 1 is 0.912 bits per heavy atom. The smallest absolute Gasteiger partial charge is 0.407 e. The lowest BCUT2D eigenvalue weighted by Crippen LogP contribution is -2.43. The Bertz CT molecular complexity index is 1160. The van der Waals surface area contributed by atoms with E-state index in [1.165, 1.54) is 0 Å². The second kappa shape index (κ2) is 10.2. The number of fused-ring (bicyclic) bond motifs is 3. The van der Waals surface area contributed by atoms with Gasteiger partial charge in [0.2, 0.25) is 5.91 Å². The highest BCUT2D eigenvalue weighted by molar-refractivity contribution is 5.96. The van der Waals surface area contributed by atoms with Crippen LogP contribution >= 0.6 is 0 Å². The van der Waals surface area contributed by atoms with Crippen molar-refractivity contribution in [3.8, 4) is 11.1 Å². The number of carbonyl (C=O) groups excluding carboxylic acids is 2. The molecule has 1 aliphatic carbocycles. The topological polar surface area (TPSA) is 105 Å². The van der Waals surface area contributed by atoms with Crippen LogP contribution in [0, 0.1) is 0 Å². The number of nitrogens with one attached hydrogen (secondary N) is 2. The molecular weight excluding hydrogens is 432 g/mol. The molecule has 0 bridgehead atoms. The minimum Gasteiger partial charge on any atom is -0.481 e. The van der Waals surface area contributed by atoms with Gasteiger partial charge in [-0.25, -0.2) is 4.79 Å². The Morgan fingerprint density at radius 3 is 2.06 bits per heavy atom. The summed E-state index contributed by atoms with van der Waals surface area (Å²) in [6.45, 7) is 1.97. The number of ether oxygens (including phenoxy) is 1. The third-order valence-electron chi connectivity index (χ3n) is 5.94. The SMILES string of the molecule is CC[C@H](NC(=O)OCC1c2ccccc2-c2ccccc21)C(=O)Nc1ccc(CC(=O)O)cc1. The van der Waals surface area contributed by atoms with Gasteiger partial charge in [0.15, 0.2) is 0 Å². The van der Waals surface area contributed by atoms with Crippen molar-refractivity contribution in [2.24, 2.45) is 0 Å². The molecule has 7 heteroatoms. The highest BCUT2D eigenvalue weighted by Crippen LogP contribution is 2.44. The number of hydrogen-bond acceptors (Lipinski definition) is 4. The molecule has 1 aliphatic rings. The molecule has 7 nitrogen and oxygen atoms in total. The zero-order chi connectivity index (χ0) is 24.1.